The first-order chi connectivity index (χ1) is 8.60. The number of rotatable bonds is 6. The molecule has 0 aliphatic heterocycles. The molecule has 0 heterocycles. The van der Waals surface area contributed by atoms with Crippen molar-refractivity contribution in [2.24, 2.45) is 0 Å². The van der Waals surface area contributed by atoms with Gasteiger partial charge in [-0.1, -0.05) is 12.1 Å². The molecule has 0 aliphatic carbocycles. The highest BCUT2D eigenvalue weighted by Crippen LogP contribution is 2.18. The Morgan fingerprint density at radius 3 is 2.33 bits per heavy atom. The Morgan fingerprint density at radius 1 is 1.17 bits per heavy atom. The fraction of sp³-hybridized carbons (Fsp3) is 0.429. The Balaban J connectivity index is 2.69. The molecule has 0 radical (unpaired) electrons. The van der Waals surface area contributed by atoms with E-state index in [1.54, 1.807) is 29.2 Å². The van der Waals surface area contributed by atoms with Gasteiger partial charge in [0.05, 0.1) is 5.56 Å². The number of ketones is 1. The summed E-state index contributed by atoms with van der Waals surface area (Å²) in [6, 6.07) is 6.95. The second-order valence-corrected chi connectivity index (χ2v) is 3.91. The molecule has 1 amide bonds. The number of para-hydroxylation sites is 1. The van der Waals surface area contributed by atoms with Crippen LogP contribution in [0, 0.1) is 0 Å². The second kappa shape index (κ2) is 6.79. The molecule has 18 heavy (non-hydrogen) atoms. The Labute approximate surface area is 108 Å². The van der Waals surface area contributed by atoms with Gasteiger partial charge in [0.15, 0.2) is 12.4 Å². The molecule has 0 saturated carbocycles. The Bertz CT molecular complexity index is 425. The zero-order valence-corrected chi connectivity index (χ0v) is 11.1. The number of ether oxygens (including phenoxy) is 1. The fourth-order valence-corrected chi connectivity index (χ4v) is 1.69. The average molecular weight is 249 g/mol. The minimum Gasteiger partial charge on any atom is -0.483 e. The van der Waals surface area contributed by atoms with Gasteiger partial charge >= 0.3 is 0 Å². The van der Waals surface area contributed by atoms with E-state index < -0.39 is 0 Å². The molecule has 0 aliphatic rings. The number of likely N-dealkylation sites (N-methyl/N-ethyl adjacent to an activating group) is 1. The lowest BCUT2D eigenvalue weighted by atomic mass is 10.1. The Kier molecular flexibility index (Phi) is 5.36. The van der Waals surface area contributed by atoms with E-state index in [1.165, 1.54) is 6.92 Å². The molecule has 0 unspecified atom stereocenters. The van der Waals surface area contributed by atoms with Crippen LogP contribution >= 0.6 is 0 Å². The van der Waals surface area contributed by atoms with Crippen LogP contribution in [0.25, 0.3) is 0 Å². The summed E-state index contributed by atoms with van der Waals surface area (Å²) in [6.07, 6.45) is 0. The van der Waals surface area contributed by atoms with Crippen LogP contribution in [0.4, 0.5) is 0 Å². The number of hydrogen-bond acceptors (Lipinski definition) is 3. The number of Topliss-reactive ketones (excluding diaryl/α,β-unsaturated/α-hetero) is 1. The normalized spacial score (nSPS) is 9.94. The number of hydrogen-bond donors (Lipinski definition) is 0. The molecular formula is C14H19NO3. The largest absolute Gasteiger partial charge is 0.483 e. The van der Waals surface area contributed by atoms with Crippen LogP contribution in [0.2, 0.25) is 0 Å². The van der Waals surface area contributed by atoms with Gasteiger partial charge < -0.3 is 9.64 Å². The molecule has 0 N–H and O–H groups in total. The van der Waals surface area contributed by atoms with Gasteiger partial charge in [-0.3, -0.25) is 9.59 Å². The van der Waals surface area contributed by atoms with Gasteiger partial charge in [0.2, 0.25) is 0 Å². The van der Waals surface area contributed by atoms with Crippen LogP contribution in [0.15, 0.2) is 24.3 Å². The van der Waals surface area contributed by atoms with E-state index in [9.17, 15) is 9.59 Å². The predicted molar refractivity (Wildman–Crippen MR) is 69.9 cm³/mol. The van der Waals surface area contributed by atoms with Gasteiger partial charge in [-0.15, -0.1) is 0 Å². The third kappa shape index (κ3) is 3.58. The lowest BCUT2D eigenvalue weighted by Gasteiger charge is -2.19. The molecule has 98 valence electrons. The van der Waals surface area contributed by atoms with Gasteiger partial charge in [0, 0.05) is 13.1 Å². The molecule has 1 aromatic carbocycles. The van der Waals surface area contributed by atoms with Crippen molar-refractivity contribution in [1.82, 2.24) is 4.90 Å². The van der Waals surface area contributed by atoms with Crippen LogP contribution in [0.1, 0.15) is 31.1 Å². The maximum absolute atomic E-state index is 11.8. The number of nitrogens with zero attached hydrogens (tertiary/aromatic N) is 1. The van der Waals surface area contributed by atoms with Gasteiger partial charge in [-0.05, 0) is 32.9 Å². The van der Waals surface area contributed by atoms with Crippen molar-refractivity contribution < 1.29 is 14.3 Å². The number of benzene rings is 1. The first kappa shape index (κ1) is 14.2. The molecule has 4 nitrogen and oxygen atoms in total. The predicted octanol–water partition coefficient (Wildman–Crippen LogP) is 2.14. The van der Waals surface area contributed by atoms with Crippen molar-refractivity contribution in [3.63, 3.8) is 0 Å². The van der Waals surface area contributed by atoms with Crippen molar-refractivity contribution >= 4 is 11.7 Å². The third-order valence-corrected chi connectivity index (χ3v) is 2.73. The number of carbonyl (C=O) groups is 2. The molecule has 4 heteroatoms. The summed E-state index contributed by atoms with van der Waals surface area (Å²) in [4.78, 5) is 24.8. The summed E-state index contributed by atoms with van der Waals surface area (Å²) in [6.45, 7) is 6.61. The summed E-state index contributed by atoms with van der Waals surface area (Å²) in [5.74, 6) is 0.324. The molecule has 0 saturated heterocycles. The second-order valence-electron chi connectivity index (χ2n) is 3.91. The van der Waals surface area contributed by atoms with Crippen molar-refractivity contribution in [3.8, 4) is 5.75 Å². The van der Waals surface area contributed by atoms with Crippen LogP contribution in [-0.4, -0.2) is 36.3 Å². The zero-order chi connectivity index (χ0) is 13.5. The maximum Gasteiger partial charge on any atom is 0.260 e. The van der Waals surface area contributed by atoms with Crippen molar-refractivity contribution in [3.05, 3.63) is 29.8 Å². The lowest BCUT2D eigenvalue weighted by Crippen LogP contribution is -2.34. The van der Waals surface area contributed by atoms with E-state index in [2.05, 4.69) is 0 Å². The number of carbonyl (C=O) groups excluding carboxylic acids is 2. The molecule has 0 aromatic heterocycles. The summed E-state index contributed by atoms with van der Waals surface area (Å²) in [7, 11) is 0. The molecule has 0 fully saturated rings. The van der Waals surface area contributed by atoms with Gasteiger partial charge in [0.25, 0.3) is 5.91 Å². The van der Waals surface area contributed by atoms with Crippen LogP contribution in [-0.2, 0) is 4.79 Å². The first-order valence-electron chi connectivity index (χ1n) is 6.10. The monoisotopic (exact) mass is 249 g/mol. The first-order valence-corrected chi connectivity index (χ1v) is 6.10. The maximum atomic E-state index is 11.8. The summed E-state index contributed by atoms with van der Waals surface area (Å²) >= 11 is 0. The zero-order valence-electron chi connectivity index (χ0n) is 11.1. The minimum atomic E-state index is -0.0710. The topological polar surface area (TPSA) is 46.6 Å². The minimum absolute atomic E-state index is 0.0357. The molecule has 1 rings (SSSR count). The lowest BCUT2D eigenvalue weighted by molar-refractivity contribution is -0.132. The average Bonchev–Trinajstić information content (AvgIpc) is 2.38. The molecular weight excluding hydrogens is 230 g/mol. The van der Waals surface area contributed by atoms with Gasteiger partial charge in [-0.2, -0.15) is 0 Å². The van der Waals surface area contributed by atoms with E-state index in [1.807, 2.05) is 13.8 Å². The molecule has 1 aromatic rings. The molecule has 0 bridgehead atoms. The standard InChI is InChI=1S/C14H19NO3/c1-4-15(5-2)14(17)10-18-13-9-7-6-8-12(13)11(3)16/h6-9H,4-5,10H2,1-3H3. The highest BCUT2D eigenvalue weighted by molar-refractivity contribution is 5.96. The van der Waals surface area contributed by atoms with Crippen LogP contribution in [0.5, 0.6) is 5.75 Å². The van der Waals surface area contributed by atoms with Crippen molar-refractivity contribution in [2.45, 2.75) is 20.8 Å². The van der Waals surface area contributed by atoms with E-state index in [0.717, 1.165) is 0 Å². The third-order valence-electron chi connectivity index (χ3n) is 2.73. The summed E-state index contributed by atoms with van der Waals surface area (Å²) in [5, 5.41) is 0. The molecule has 0 spiro atoms. The summed E-state index contributed by atoms with van der Waals surface area (Å²) < 4.78 is 5.43. The van der Waals surface area contributed by atoms with E-state index in [-0.39, 0.29) is 18.3 Å². The van der Waals surface area contributed by atoms with Crippen LogP contribution < -0.4 is 4.74 Å². The van der Waals surface area contributed by atoms with E-state index in [4.69, 9.17) is 4.74 Å². The highest BCUT2D eigenvalue weighted by atomic mass is 16.5. The van der Waals surface area contributed by atoms with Crippen LogP contribution in [0.3, 0.4) is 0 Å². The highest BCUT2D eigenvalue weighted by Gasteiger charge is 2.12. The Morgan fingerprint density at radius 2 is 1.78 bits per heavy atom. The quantitative estimate of drug-likeness (QED) is 0.726. The van der Waals surface area contributed by atoms with Crippen molar-refractivity contribution in [2.75, 3.05) is 19.7 Å². The summed E-state index contributed by atoms with van der Waals surface area (Å²) in [5.41, 5.74) is 0.504. The SMILES string of the molecule is CCN(CC)C(=O)COc1ccccc1C(C)=O. The van der Waals surface area contributed by atoms with Gasteiger partial charge in [0.1, 0.15) is 5.75 Å². The van der Waals surface area contributed by atoms with Crippen molar-refractivity contribution in [1.29, 1.82) is 0 Å². The smallest absolute Gasteiger partial charge is 0.260 e. The molecule has 0 atom stereocenters. The van der Waals surface area contributed by atoms with E-state index >= 15 is 0 Å². The Hall–Kier alpha value is -1.84. The number of amides is 1. The van der Waals surface area contributed by atoms with E-state index in [0.29, 0.717) is 24.4 Å². The van der Waals surface area contributed by atoms with Gasteiger partial charge in [-0.25, -0.2) is 0 Å². The fourth-order valence-electron chi connectivity index (χ4n) is 1.69.